The second-order valence-electron chi connectivity index (χ2n) is 5.60. The number of hydrogen-bond donors (Lipinski definition) is 0. The second kappa shape index (κ2) is 8.21. The number of esters is 1. The molecule has 0 amide bonds. The van der Waals surface area contributed by atoms with E-state index in [1.807, 2.05) is 18.2 Å². The van der Waals surface area contributed by atoms with Gasteiger partial charge >= 0.3 is 5.97 Å². The monoisotopic (exact) mass is 356 g/mol. The number of hydrogen-bond acceptors (Lipinski definition) is 3. The number of benzene rings is 2. The van der Waals surface area contributed by atoms with Crippen LogP contribution < -0.4 is 0 Å². The highest BCUT2D eigenvalue weighted by molar-refractivity contribution is 7.10. The Morgan fingerprint density at radius 1 is 1.00 bits per heavy atom. The largest absolute Gasteiger partial charge is 0.465 e. The van der Waals surface area contributed by atoms with Crippen molar-refractivity contribution < 1.29 is 9.53 Å². The van der Waals surface area contributed by atoms with Gasteiger partial charge in [-0.15, -0.1) is 11.3 Å². The van der Waals surface area contributed by atoms with Gasteiger partial charge in [-0.2, -0.15) is 0 Å². The highest BCUT2D eigenvalue weighted by Crippen LogP contribution is 2.23. The summed E-state index contributed by atoms with van der Waals surface area (Å²) in [7, 11) is 1.36. The first-order valence-corrected chi connectivity index (χ1v) is 8.90. The van der Waals surface area contributed by atoms with Gasteiger partial charge in [0.2, 0.25) is 0 Å². The van der Waals surface area contributed by atoms with E-state index < -0.39 is 0 Å². The lowest BCUT2D eigenvalue weighted by molar-refractivity contribution is 0.0601. The third-order valence-corrected chi connectivity index (χ3v) is 4.60. The van der Waals surface area contributed by atoms with Crippen molar-refractivity contribution in [2.75, 3.05) is 7.11 Å². The van der Waals surface area contributed by atoms with Crippen LogP contribution in [0, 0.1) is 30.6 Å². The average Bonchev–Trinajstić information content (AvgIpc) is 3.15. The number of rotatable bonds is 2. The van der Waals surface area contributed by atoms with E-state index >= 15 is 0 Å². The van der Waals surface area contributed by atoms with Crippen LogP contribution in [0.1, 0.15) is 26.4 Å². The highest BCUT2D eigenvalue weighted by Gasteiger charge is 2.06. The van der Waals surface area contributed by atoms with Crippen LogP contribution in [0.3, 0.4) is 0 Å². The molecule has 0 atom stereocenters. The van der Waals surface area contributed by atoms with Crippen LogP contribution in [-0.2, 0) is 4.74 Å². The molecule has 26 heavy (non-hydrogen) atoms. The number of methoxy groups -OCH3 is 1. The Morgan fingerprint density at radius 2 is 1.73 bits per heavy atom. The molecular formula is C23H16O2S. The lowest BCUT2D eigenvalue weighted by atomic mass is 9.99. The molecule has 1 aromatic heterocycles. The summed E-state index contributed by atoms with van der Waals surface area (Å²) in [4.78, 5) is 12.2. The molecule has 1 heterocycles. The second-order valence-corrected chi connectivity index (χ2v) is 6.51. The van der Waals surface area contributed by atoms with Gasteiger partial charge in [-0.05, 0) is 47.9 Å². The third-order valence-electron chi connectivity index (χ3n) is 3.76. The molecule has 3 heteroatoms. The van der Waals surface area contributed by atoms with Gasteiger partial charge in [0, 0.05) is 10.9 Å². The molecule has 0 saturated carbocycles. The fourth-order valence-corrected chi connectivity index (χ4v) is 3.12. The van der Waals surface area contributed by atoms with Crippen LogP contribution >= 0.6 is 11.3 Å². The molecule has 126 valence electrons. The molecule has 0 spiro atoms. The van der Waals surface area contributed by atoms with Crippen molar-refractivity contribution in [1.82, 2.24) is 0 Å². The summed E-state index contributed by atoms with van der Waals surface area (Å²) in [6.45, 7) is 2.07. The van der Waals surface area contributed by atoms with Gasteiger partial charge in [0.25, 0.3) is 0 Å². The van der Waals surface area contributed by atoms with Crippen molar-refractivity contribution in [2.24, 2.45) is 0 Å². The van der Waals surface area contributed by atoms with E-state index in [2.05, 4.69) is 65.7 Å². The minimum atomic E-state index is -0.354. The van der Waals surface area contributed by atoms with Crippen molar-refractivity contribution in [1.29, 1.82) is 0 Å². The molecule has 0 aliphatic carbocycles. The Bertz CT molecular complexity index is 1050. The van der Waals surface area contributed by atoms with Gasteiger partial charge in [0.1, 0.15) is 0 Å². The normalized spacial score (nSPS) is 9.46. The molecule has 0 aliphatic heterocycles. The quantitative estimate of drug-likeness (QED) is 0.481. The third kappa shape index (κ3) is 4.22. The van der Waals surface area contributed by atoms with E-state index in [4.69, 9.17) is 0 Å². The van der Waals surface area contributed by atoms with Gasteiger partial charge in [0.05, 0.1) is 17.6 Å². The first kappa shape index (κ1) is 17.5. The maximum atomic E-state index is 11.4. The molecule has 2 nitrogen and oxygen atoms in total. The maximum Gasteiger partial charge on any atom is 0.338 e. The number of ether oxygens (including phenoxy) is 1. The summed E-state index contributed by atoms with van der Waals surface area (Å²) < 4.78 is 4.69. The lowest BCUT2D eigenvalue weighted by Crippen LogP contribution is -1.97. The van der Waals surface area contributed by atoms with Crippen LogP contribution in [-0.4, -0.2) is 13.1 Å². The molecular weight excluding hydrogens is 340 g/mol. The summed E-state index contributed by atoms with van der Waals surface area (Å²) in [6.07, 6.45) is 0. The molecule has 0 unspecified atom stereocenters. The molecule has 0 aliphatic rings. The molecule has 0 bridgehead atoms. The number of carbonyl (C=O) groups excluding carboxylic acids is 1. The fourth-order valence-electron chi connectivity index (χ4n) is 2.40. The van der Waals surface area contributed by atoms with Crippen molar-refractivity contribution in [3.05, 3.63) is 81.5 Å². The summed E-state index contributed by atoms with van der Waals surface area (Å²) in [5, 5.41) is 1.73. The topological polar surface area (TPSA) is 26.3 Å². The van der Waals surface area contributed by atoms with Crippen LogP contribution in [0.25, 0.3) is 11.1 Å². The SMILES string of the molecule is COC(=O)c1csc(C#CC#Cc2ccccc2-c2ccc(C)cc2)c1. The van der Waals surface area contributed by atoms with Gasteiger partial charge < -0.3 is 4.74 Å². The van der Waals surface area contributed by atoms with Crippen molar-refractivity contribution in [3.8, 4) is 34.8 Å². The fraction of sp³-hybridized carbons (Fsp3) is 0.0870. The van der Waals surface area contributed by atoms with Crippen LogP contribution in [0.4, 0.5) is 0 Å². The van der Waals surface area contributed by atoms with Crippen LogP contribution in [0.15, 0.2) is 60.0 Å². The van der Waals surface area contributed by atoms with E-state index in [0.717, 1.165) is 21.6 Å². The van der Waals surface area contributed by atoms with Crippen LogP contribution in [0.5, 0.6) is 0 Å². The van der Waals surface area contributed by atoms with E-state index in [0.29, 0.717) is 5.56 Å². The van der Waals surface area contributed by atoms with Crippen molar-refractivity contribution >= 4 is 17.3 Å². The molecule has 2 aromatic carbocycles. The molecule has 0 N–H and O–H groups in total. The maximum absolute atomic E-state index is 11.4. The zero-order valence-corrected chi connectivity index (χ0v) is 15.3. The summed E-state index contributed by atoms with van der Waals surface area (Å²) in [5.41, 5.74) is 4.90. The van der Waals surface area contributed by atoms with Gasteiger partial charge in [-0.3, -0.25) is 0 Å². The molecule has 3 aromatic rings. The lowest BCUT2D eigenvalue weighted by Gasteiger charge is -2.04. The molecule has 0 radical (unpaired) electrons. The van der Waals surface area contributed by atoms with Crippen LogP contribution in [0.2, 0.25) is 0 Å². The Hall–Kier alpha value is -3.27. The Kier molecular flexibility index (Phi) is 5.54. The molecule has 0 saturated heterocycles. The first-order valence-electron chi connectivity index (χ1n) is 8.02. The minimum Gasteiger partial charge on any atom is -0.465 e. The Labute approximate surface area is 157 Å². The van der Waals surface area contributed by atoms with E-state index in [-0.39, 0.29) is 5.97 Å². The van der Waals surface area contributed by atoms with E-state index in [9.17, 15) is 4.79 Å². The minimum absolute atomic E-state index is 0.354. The Morgan fingerprint density at radius 3 is 2.50 bits per heavy atom. The highest BCUT2D eigenvalue weighted by atomic mass is 32.1. The smallest absolute Gasteiger partial charge is 0.338 e. The van der Waals surface area contributed by atoms with E-state index in [1.54, 1.807) is 11.4 Å². The zero-order valence-electron chi connectivity index (χ0n) is 14.5. The standard InChI is InChI=1S/C23H16O2S/c1-17-11-13-19(14-12-17)22-10-6-4-8-18(22)7-3-5-9-21-15-20(16-26-21)23(24)25-2/h4,6,8,10-16H,1-2H3. The zero-order chi connectivity index (χ0) is 18.4. The number of thiophene rings is 1. The summed E-state index contributed by atoms with van der Waals surface area (Å²) in [5.74, 6) is 11.5. The molecule has 3 rings (SSSR count). The predicted molar refractivity (Wildman–Crippen MR) is 106 cm³/mol. The number of carbonyl (C=O) groups is 1. The molecule has 0 fully saturated rings. The van der Waals surface area contributed by atoms with E-state index in [1.165, 1.54) is 24.0 Å². The van der Waals surface area contributed by atoms with Crippen molar-refractivity contribution in [2.45, 2.75) is 6.92 Å². The van der Waals surface area contributed by atoms with Gasteiger partial charge in [0.15, 0.2) is 0 Å². The predicted octanol–water partition coefficient (Wildman–Crippen LogP) is 4.91. The average molecular weight is 356 g/mol. The van der Waals surface area contributed by atoms with Gasteiger partial charge in [-0.25, -0.2) is 4.79 Å². The summed E-state index contributed by atoms with van der Waals surface area (Å²) >= 11 is 1.40. The van der Waals surface area contributed by atoms with Gasteiger partial charge in [-0.1, -0.05) is 53.9 Å². The summed E-state index contributed by atoms with van der Waals surface area (Å²) in [6, 6.07) is 18.1. The first-order chi connectivity index (χ1) is 12.7. The Balaban J connectivity index is 1.83. The number of aryl methyl sites for hydroxylation is 1. The van der Waals surface area contributed by atoms with Crippen molar-refractivity contribution in [3.63, 3.8) is 0 Å².